The molecule has 2 aromatic rings. The Morgan fingerprint density at radius 2 is 2.09 bits per heavy atom. The molecule has 0 amide bonds. The minimum absolute atomic E-state index is 0.127. The predicted octanol–water partition coefficient (Wildman–Crippen LogP) is 2.19. The number of rotatable bonds is 6. The van der Waals surface area contributed by atoms with E-state index in [1.807, 2.05) is 0 Å². The van der Waals surface area contributed by atoms with Crippen LogP contribution in [0.3, 0.4) is 0 Å². The second-order valence-electron chi connectivity index (χ2n) is 8.50. The number of nitrogens with zero attached hydrogens (tertiary/aromatic N) is 5. The number of aromatic nitrogens is 4. The van der Waals surface area contributed by atoms with E-state index >= 15 is 0 Å². The maximum absolute atomic E-state index is 12.7. The Kier molecular flexibility index (Phi) is 5.66. The molecule has 4 heterocycles. The van der Waals surface area contributed by atoms with Gasteiger partial charge in [0.15, 0.2) is 5.82 Å². The summed E-state index contributed by atoms with van der Waals surface area (Å²) in [5, 5.41) is 3.60. The van der Waals surface area contributed by atoms with Gasteiger partial charge in [-0.05, 0) is 31.3 Å². The number of aryl methyl sites for hydroxylation is 1. The first kappa shape index (κ1) is 21.0. The van der Waals surface area contributed by atoms with Crippen LogP contribution in [0.25, 0.3) is 5.57 Å². The first-order valence-electron chi connectivity index (χ1n) is 10.9. The smallest absolute Gasteiger partial charge is 0.227 e. The van der Waals surface area contributed by atoms with Crippen LogP contribution in [0.15, 0.2) is 23.4 Å². The molecule has 9 heteroatoms. The molecule has 1 N–H and O–H groups in total. The average molecular weight is 451 g/mol. The minimum Gasteiger partial charge on any atom is -0.382 e. The molecule has 1 fully saturated rings. The van der Waals surface area contributed by atoms with Gasteiger partial charge in [-0.25, -0.2) is 15.0 Å². The van der Waals surface area contributed by atoms with Gasteiger partial charge in [-0.15, -0.1) is 6.42 Å². The van der Waals surface area contributed by atoms with Crippen LogP contribution < -0.4 is 10.2 Å². The first-order valence-corrected chi connectivity index (χ1v) is 12.2. The maximum Gasteiger partial charge on any atom is 0.227 e. The van der Waals surface area contributed by atoms with Crippen LogP contribution in [0.5, 0.6) is 0 Å². The molecule has 32 heavy (non-hydrogen) atoms. The Hall–Kier alpha value is -2.83. The van der Waals surface area contributed by atoms with Crippen molar-refractivity contribution in [1.82, 2.24) is 19.9 Å². The Balaban J connectivity index is 1.40. The van der Waals surface area contributed by atoms with Gasteiger partial charge < -0.3 is 15.0 Å². The number of methoxy groups -OCH3 is 1. The fraction of sp³-hybridized carbons (Fsp3) is 0.478. The molecule has 5 rings (SSSR count). The highest BCUT2D eigenvalue weighted by Gasteiger charge is 2.39. The molecular weight excluding hydrogens is 424 g/mol. The third-order valence-corrected chi connectivity index (χ3v) is 7.85. The molecule has 0 aromatic carbocycles. The van der Waals surface area contributed by atoms with Gasteiger partial charge in [0.25, 0.3) is 0 Å². The van der Waals surface area contributed by atoms with Crippen molar-refractivity contribution in [1.29, 1.82) is 0 Å². The zero-order valence-corrected chi connectivity index (χ0v) is 19.0. The third-order valence-electron chi connectivity index (χ3n) is 6.39. The maximum atomic E-state index is 12.7. The predicted molar refractivity (Wildman–Crippen MR) is 124 cm³/mol. The van der Waals surface area contributed by atoms with E-state index in [2.05, 4.69) is 32.2 Å². The molecule has 8 nitrogen and oxygen atoms in total. The van der Waals surface area contributed by atoms with Crippen molar-refractivity contribution in [3.63, 3.8) is 0 Å². The lowest BCUT2D eigenvalue weighted by Gasteiger charge is -2.42. The van der Waals surface area contributed by atoms with Crippen LogP contribution in [0.1, 0.15) is 42.8 Å². The third kappa shape index (κ3) is 3.89. The summed E-state index contributed by atoms with van der Waals surface area (Å²) in [6, 6.07) is 0. The molecule has 2 aliphatic heterocycles. The van der Waals surface area contributed by atoms with Crippen molar-refractivity contribution in [3.05, 3.63) is 35.6 Å². The van der Waals surface area contributed by atoms with Gasteiger partial charge in [-0.2, -0.15) is 4.98 Å². The van der Waals surface area contributed by atoms with E-state index in [4.69, 9.17) is 21.1 Å². The highest BCUT2D eigenvalue weighted by atomic mass is 32.2. The molecule has 1 atom stereocenters. The zero-order chi connectivity index (χ0) is 22.1. The summed E-state index contributed by atoms with van der Waals surface area (Å²) >= 11 is 0. The van der Waals surface area contributed by atoms with Gasteiger partial charge in [-0.3, -0.25) is 4.21 Å². The molecule has 1 saturated carbocycles. The standard InChI is InChI=1S/C23H26N6O2S/c1-3-16-13-24-20(25-14-16)17-5-10-29(11-6-17)22-26-18-7-12-32(30)19(18)21(27-22)28-23(15-31-2)8-4-9-23/h1,5,13-14H,4,6-12,15H2,2H3,(H,26,27,28). The molecule has 166 valence electrons. The molecule has 2 aromatic heterocycles. The largest absolute Gasteiger partial charge is 0.382 e. The number of hydrogen-bond acceptors (Lipinski definition) is 8. The lowest BCUT2D eigenvalue weighted by Crippen LogP contribution is -2.49. The van der Waals surface area contributed by atoms with Gasteiger partial charge in [0.05, 0.1) is 34.2 Å². The van der Waals surface area contributed by atoms with E-state index in [1.54, 1.807) is 19.5 Å². The zero-order valence-electron chi connectivity index (χ0n) is 18.1. The van der Waals surface area contributed by atoms with Gasteiger partial charge in [0.1, 0.15) is 10.7 Å². The van der Waals surface area contributed by atoms with Gasteiger partial charge in [0, 0.05) is 44.8 Å². The monoisotopic (exact) mass is 450 g/mol. The highest BCUT2D eigenvalue weighted by molar-refractivity contribution is 7.85. The number of ether oxygens (including phenoxy) is 1. The van der Waals surface area contributed by atoms with E-state index in [-0.39, 0.29) is 5.54 Å². The quantitative estimate of drug-likeness (QED) is 0.670. The molecule has 0 spiro atoms. The van der Waals surface area contributed by atoms with Crippen LogP contribution in [-0.2, 0) is 22.0 Å². The number of fused-ring (bicyclic) bond motifs is 1. The van der Waals surface area contributed by atoms with Gasteiger partial charge in [0.2, 0.25) is 5.95 Å². The second-order valence-corrected chi connectivity index (χ2v) is 10.0. The van der Waals surface area contributed by atoms with Crippen molar-refractivity contribution in [2.75, 3.05) is 42.8 Å². The average Bonchev–Trinajstić information content (AvgIpc) is 3.19. The number of anilines is 2. The fourth-order valence-electron chi connectivity index (χ4n) is 4.47. The molecule has 0 saturated heterocycles. The van der Waals surface area contributed by atoms with Crippen molar-refractivity contribution in [2.45, 2.75) is 42.5 Å². The number of nitrogens with one attached hydrogen (secondary N) is 1. The Morgan fingerprint density at radius 3 is 2.72 bits per heavy atom. The molecule has 1 aliphatic carbocycles. The normalized spacial score (nSPS) is 21.3. The van der Waals surface area contributed by atoms with Crippen LogP contribution >= 0.6 is 0 Å². The SMILES string of the molecule is C#Cc1cnc(C2=CCN(c3nc4c(c(NC5(COC)CCC5)n3)S(=O)CC4)CC2)nc1. The van der Waals surface area contributed by atoms with Gasteiger partial charge in [-0.1, -0.05) is 12.0 Å². The summed E-state index contributed by atoms with van der Waals surface area (Å²) in [7, 11) is 0.658. The molecular formula is C23H26N6O2S. The van der Waals surface area contributed by atoms with E-state index < -0.39 is 10.8 Å². The van der Waals surface area contributed by atoms with E-state index in [0.29, 0.717) is 48.5 Å². The van der Waals surface area contributed by atoms with Crippen molar-refractivity contribution in [3.8, 4) is 12.3 Å². The van der Waals surface area contributed by atoms with Crippen LogP contribution in [-0.4, -0.2) is 62.2 Å². The summed E-state index contributed by atoms with van der Waals surface area (Å²) in [6.07, 6.45) is 15.6. The summed E-state index contributed by atoms with van der Waals surface area (Å²) < 4.78 is 18.1. The van der Waals surface area contributed by atoms with Crippen molar-refractivity contribution >= 4 is 28.1 Å². The summed E-state index contributed by atoms with van der Waals surface area (Å²) in [5.41, 5.74) is 2.54. The fourth-order valence-corrected chi connectivity index (χ4v) is 5.77. The molecule has 0 radical (unpaired) electrons. The lowest BCUT2D eigenvalue weighted by molar-refractivity contribution is 0.0979. The lowest BCUT2D eigenvalue weighted by atomic mass is 9.77. The molecule has 0 bridgehead atoms. The van der Waals surface area contributed by atoms with Crippen molar-refractivity contribution in [2.24, 2.45) is 0 Å². The Labute approximate surface area is 190 Å². The second kappa shape index (κ2) is 8.60. The number of terminal acetylenes is 1. The Bertz CT molecular complexity index is 1120. The summed E-state index contributed by atoms with van der Waals surface area (Å²) in [5.74, 6) is 5.24. The number of hydrogen-bond donors (Lipinski definition) is 1. The van der Waals surface area contributed by atoms with Gasteiger partial charge >= 0.3 is 0 Å². The van der Waals surface area contributed by atoms with Crippen LogP contribution in [0.4, 0.5) is 11.8 Å². The Morgan fingerprint density at radius 1 is 1.28 bits per heavy atom. The minimum atomic E-state index is -1.06. The highest BCUT2D eigenvalue weighted by Crippen LogP contribution is 2.39. The topological polar surface area (TPSA) is 93.1 Å². The summed E-state index contributed by atoms with van der Waals surface area (Å²) in [6.45, 7) is 2.04. The molecule has 1 unspecified atom stereocenters. The van der Waals surface area contributed by atoms with E-state index in [9.17, 15) is 4.21 Å². The van der Waals surface area contributed by atoms with E-state index in [1.165, 1.54) is 0 Å². The van der Waals surface area contributed by atoms with Crippen molar-refractivity contribution < 1.29 is 8.95 Å². The van der Waals surface area contributed by atoms with Crippen LogP contribution in [0, 0.1) is 12.3 Å². The van der Waals surface area contributed by atoms with E-state index in [0.717, 1.165) is 48.4 Å². The summed E-state index contributed by atoms with van der Waals surface area (Å²) in [4.78, 5) is 21.3. The first-order chi connectivity index (χ1) is 15.6. The molecule has 3 aliphatic rings. The van der Waals surface area contributed by atoms with Crippen LogP contribution in [0.2, 0.25) is 0 Å².